The molecule has 0 aromatic rings. The molecule has 2 fully saturated rings. The Balaban J connectivity index is 1.90. The van der Waals surface area contributed by atoms with Crippen LogP contribution >= 0.6 is 0 Å². The third kappa shape index (κ3) is 2.94. The third-order valence-electron chi connectivity index (χ3n) is 3.78. The number of hydrogen-bond donors (Lipinski definition) is 0. The van der Waals surface area contributed by atoms with E-state index in [9.17, 15) is 0 Å². The first-order valence-corrected chi connectivity index (χ1v) is 6.68. The SMILES string of the molecule is CC(C)CN(C1CC1)N(C)C1CCCC1. The van der Waals surface area contributed by atoms with Gasteiger partial charge in [-0.25, -0.2) is 10.0 Å². The fraction of sp³-hybridized carbons (Fsp3) is 1.00. The van der Waals surface area contributed by atoms with Crippen molar-refractivity contribution in [3.8, 4) is 0 Å². The van der Waals surface area contributed by atoms with Gasteiger partial charge in [-0.3, -0.25) is 0 Å². The summed E-state index contributed by atoms with van der Waals surface area (Å²) in [6, 6.07) is 1.71. The van der Waals surface area contributed by atoms with Crippen LogP contribution in [0, 0.1) is 5.92 Å². The molecule has 0 radical (unpaired) electrons. The zero-order valence-corrected chi connectivity index (χ0v) is 10.6. The molecule has 2 heteroatoms. The van der Waals surface area contributed by atoms with Gasteiger partial charge in [0.25, 0.3) is 0 Å². The summed E-state index contributed by atoms with van der Waals surface area (Å²) in [4.78, 5) is 0. The van der Waals surface area contributed by atoms with Gasteiger partial charge in [0, 0.05) is 25.7 Å². The summed E-state index contributed by atoms with van der Waals surface area (Å²) in [5.41, 5.74) is 0. The van der Waals surface area contributed by atoms with E-state index in [0.29, 0.717) is 0 Å². The average molecular weight is 210 g/mol. The van der Waals surface area contributed by atoms with Crippen molar-refractivity contribution in [2.75, 3.05) is 13.6 Å². The molecule has 0 spiro atoms. The maximum atomic E-state index is 2.65. The molecule has 0 heterocycles. The first-order valence-electron chi connectivity index (χ1n) is 6.68. The lowest BCUT2D eigenvalue weighted by molar-refractivity contribution is -0.0512. The fourth-order valence-corrected chi connectivity index (χ4v) is 2.77. The monoisotopic (exact) mass is 210 g/mol. The first-order chi connectivity index (χ1) is 7.18. The molecule has 88 valence electrons. The minimum atomic E-state index is 0.787. The highest BCUT2D eigenvalue weighted by Gasteiger charge is 2.35. The highest BCUT2D eigenvalue weighted by atomic mass is 15.6. The van der Waals surface area contributed by atoms with Gasteiger partial charge in [-0.2, -0.15) is 0 Å². The van der Waals surface area contributed by atoms with Gasteiger partial charge < -0.3 is 0 Å². The predicted molar refractivity (Wildman–Crippen MR) is 64.6 cm³/mol. The third-order valence-corrected chi connectivity index (χ3v) is 3.78. The van der Waals surface area contributed by atoms with Crippen molar-refractivity contribution in [2.45, 2.75) is 64.5 Å². The molecule has 0 aliphatic heterocycles. The Morgan fingerprint density at radius 1 is 1.00 bits per heavy atom. The minimum absolute atomic E-state index is 0.787. The smallest absolute Gasteiger partial charge is 0.0247 e. The lowest BCUT2D eigenvalue weighted by Crippen LogP contribution is -2.48. The van der Waals surface area contributed by atoms with Crippen LogP contribution in [-0.2, 0) is 0 Å². The second kappa shape index (κ2) is 4.84. The molecule has 0 saturated heterocycles. The lowest BCUT2D eigenvalue weighted by atomic mass is 10.2. The molecule has 0 bridgehead atoms. The van der Waals surface area contributed by atoms with Gasteiger partial charge in [-0.05, 0) is 31.6 Å². The van der Waals surface area contributed by atoms with Crippen LogP contribution in [0.2, 0.25) is 0 Å². The van der Waals surface area contributed by atoms with Crippen LogP contribution in [0.15, 0.2) is 0 Å². The van der Waals surface area contributed by atoms with Gasteiger partial charge in [0.05, 0.1) is 0 Å². The van der Waals surface area contributed by atoms with E-state index in [0.717, 1.165) is 18.0 Å². The van der Waals surface area contributed by atoms with Crippen molar-refractivity contribution < 1.29 is 0 Å². The van der Waals surface area contributed by atoms with Crippen LogP contribution in [0.4, 0.5) is 0 Å². The van der Waals surface area contributed by atoms with E-state index in [2.05, 4.69) is 30.9 Å². The maximum Gasteiger partial charge on any atom is 0.0247 e. The van der Waals surface area contributed by atoms with Gasteiger partial charge in [0.1, 0.15) is 0 Å². The van der Waals surface area contributed by atoms with Crippen LogP contribution in [0.1, 0.15) is 52.4 Å². The van der Waals surface area contributed by atoms with Gasteiger partial charge in [-0.15, -0.1) is 0 Å². The van der Waals surface area contributed by atoms with Crippen molar-refractivity contribution in [3.63, 3.8) is 0 Å². The van der Waals surface area contributed by atoms with Crippen LogP contribution in [0.25, 0.3) is 0 Å². The van der Waals surface area contributed by atoms with E-state index in [1.807, 2.05) is 0 Å². The molecule has 2 aliphatic carbocycles. The summed E-state index contributed by atoms with van der Waals surface area (Å²) in [6.45, 7) is 5.91. The van der Waals surface area contributed by atoms with Crippen molar-refractivity contribution >= 4 is 0 Å². The Morgan fingerprint density at radius 2 is 1.60 bits per heavy atom. The second-order valence-corrected chi connectivity index (χ2v) is 5.76. The molecule has 0 aromatic heterocycles. The van der Waals surface area contributed by atoms with Crippen LogP contribution in [0.5, 0.6) is 0 Å². The van der Waals surface area contributed by atoms with Crippen LogP contribution in [0.3, 0.4) is 0 Å². The van der Waals surface area contributed by atoms with Crippen molar-refractivity contribution in [2.24, 2.45) is 5.92 Å². The molecule has 0 amide bonds. The molecule has 2 nitrogen and oxygen atoms in total. The Kier molecular flexibility index (Phi) is 3.68. The summed E-state index contributed by atoms with van der Waals surface area (Å²) in [6.07, 6.45) is 8.55. The molecule has 15 heavy (non-hydrogen) atoms. The molecule has 0 N–H and O–H groups in total. The average Bonchev–Trinajstić information content (AvgIpc) is 2.88. The largest absolute Gasteiger partial charge is 0.242 e. The van der Waals surface area contributed by atoms with Crippen molar-refractivity contribution in [1.82, 2.24) is 10.0 Å². The highest BCUT2D eigenvalue weighted by Crippen LogP contribution is 2.32. The van der Waals surface area contributed by atoms with Gasteiger partial charge in [0.15, 0.2) is 0 Å². The summed E-state index contributed by atoms with van der Waals surface area (Å²) in [5.74, 6) is 0.787. The number of nitrogens with zero attached hydrogens (tertiary/aromatic N) is 2. The summed E-state index contributed by atoms with van der Waals surface area (Å²) in [5, 5.41) is 5.23. The lowest BCUT2D eigenvalue weighted by Gasteiger charge is -2.37. The molecule has 2 aliphatic rings. The summed E-state index contributed by atoms with van der Waals surface area (Å²) >= 11 is 0. The van der Waals surface area contributed by atoms with Crippen molar-refractivity contribution in [3.05, 3.63) is 0 Å². The van der Waals surface area contributed by atoms with Gasteiger partial charge in [-0.1, -0.05) is 26.7 Å². The molecular weight excluding hydrogens is 184 g/mol. The summed E-state index contributed by atoms with van der Waals surface area (Å²) < 4.78 is 0. The maximum absolute atomic E-state index is 2.65. The quantitative estimate of drug-likeness (QED) is 0.644. The Labute approximate surface area is 94.6 Å². The van der Waals surface area contributed by atoms with Gasteiger partial charge >= 0.3 is 0 Å². The highest BCUT2D eigenvalue weighted by molar-refractivity contribution is 4.85. The molecule has 0 unspecified atom stereocenters. The normalized spacial score (nSPS) is 23.6. The van der Waals surface area contributed by atoms with Gasteiger partial charge in [0.2, 0.25) is 0 Å². The molecule has 0 atom stereocenters. The Morgan fingerprint density at radius 3 is 2.07 bits per heavy atom. The number of rotatable bonds is 5. The predicted octanol–water partition coefficient (Wildman–Crippen LogP) is 2.90. The Bertz CT molecular complexity index is 193. The first kappa shape index (κ1) is 11.4. The zero-order valence-electron chi connectivity index (χ0n) is 10.6. The van der Waals surface area contributed by atoms with E-state index in [1.54, 1.807) is 0 Å². The fourth-order valence-electron chi connectivity index (χ4n) is 2.77. The molecule has 2 rings (SSSR count). The standard InChI is InChI=1S/C13H26N2/c1-11(2)10-15(13-8-9-13)14(3)12-6-4-5-7-12/h11-13H,4-10H2,1-3H3. The number of hydrazine groups is 1. The summed E-state index contributed by atoms with van der Waals surface area (Å²) in [7, 11) is 2.32. The van der Waals surface area contributed by atoms with E-state index >= 15 is 0 Å². The molecule has 0 aromatic carbocycles. The zero-order chi connectivity index (χ0) is 10.8. The molecule has 2 saturated carbocycles. The minimum Gasteiger partial charge on any atom is -0.242 e. The van der Waals surface area contributed by atoms with Crippen LogP contribution in [-0.4, -0.2) is 35.7 Å². The molecular formula is C13H26N2. The second-order valence-electron chi connectivity index (χ2n) is 5.76. The van der Waals surface area contributed by atoms with Crippen molar-refractivity contribution in [1.29, 1.82) is 0 Å². The van der Waals surface area contributed by atoms with E-state index in [4.69, 9.17) is 0 Å². The van der Waals surface area contributed by atoms with Crippen LogP contribution < -0.4 is 0 Å². The van der Waals surface area contributed by atoms with E-state index in [-0.39, 0.29) is 0 Å². The topological polar surface area (TPSA) is 6.48 Å². The Hall–Kier alpha value is -0.0800. The number of hydrogen-bond acceptors (Lipinski definition) is 2. The van der Waals surface area contributed by atoms with E-state index in [1.165, 1.54) is 45.1 Å². The van der Waals surface area contributed by atoms with E-state index < -0.39 is 0 Å².